The van der Waals surface area contributed by atoms with Gasteiger partial charge < -0.3 is 20.3 Å². The van der Waals surface area contributed by atoms with Gasteiger partial charge in [-0.3, -0.25) is 0 Å². The van der Waals surface area contributed by atoms with Crippen LogP contribution in [0.5, 0.6) is 0 Å². The van der Waals surface area contributed by atoms with Crippen molar-refractivity contribution >= 4 is 7.69 Å². The van der Waals surface area contributed by atoms with Crippen LogP contribution >= 0.6 is 0 Å². The van der Waals surface area contributed by atoms with Gasteiger partial charge in [-0.15, -0.1) is 6.58 Å². The molecule has 0 rings (SSSR count). The van der Waals surface area contributed by atoms with E-state index in [0.717, 1.165) is 6.42 Å². The van der Waals surface area contributed by atoms with Gasteiger partial charge in [-0.05, 0) is 33.6 Å². The zero-order valence-corrected chi connectivity index (χ0v) is 9.06. The van der Waals surface area contributed by atoms with Crippen LogP contribution in [-0.4, -0.2) is 39.1 Å². The quantitative estimate of drug-likeness (QED) is 0.382. The van der Waals surface area contributed by atoms with Gasteiger partial charge >= 0.3 is 7.69 Å². The molecule has 4 N–H and O–H groups in total. The molecule has 1 radical (unpaired) electrons. The Morgan fingerprint density at radius 2 is 1.57 bits per heavy atom. The topological polar surface area (TPSA) is 80.9 Å². The van der Waals surface area contributed by atoms with E-state index in [1.807, 2.05) is 0 Å². The van der Waals surface area contributed by atoms with Gasteiger partial charge in [-0.1, -0.05) is 6.08 Å². The SMILES string of the molecule is C=CCCC(C)(O)C(C)(C)O.O[B]O. The lowest BCUT2D eigenvalue weighted by Gasteiger charge is -2.35. The Morgan fingerprint density at radius 1 is 1.21 bits per heavy atom. The van der Waals surface area contributed by atoms with Crippen molar-refractivity contribution in [3.05, 3.63) is 12.7 Å². The summed E-state index contributed by atoms with van der Waals surface area (Å²) in [6, 6.07) is 0. The largest absolute Gasteiger partial charge is 0.482 e. The zero-order valence-electron chi connectivity index (χ0n) is 9.06. The van der Waals surface area contributed by atoms with Gasteiger partial charge in [0, 0.05) is 0 Å². The predicted molar refractivity (Wildman–Crippen MR) is 56.5 cm³/mol. The first-order chi connectivity index (χ1) is 6.22. The first-order valence-corrected chi connectivity index (χ1v) is 4.38. The van der Waals surface area contributed by atoms with Gasteiger partial charge in [0.25, 0.3) is 0 Å². The Hall–Kier alpha value is -0.355. The third-order valence-electron chi connectivity index (χ3n) is 2.15. The summed E-state index contributed by atoms with van der Waals surface area (Å²) in [6.07, 6.45) is 3.00. The van der Waals surface area contributed by atoms with Crippen molar-refractivity contribution in [2.45, 2.75) is 44.8 Å². The van der Waals surface area contributed by atoms with E-state index in [-0.39, 0.29) is 7.69 Å². The van der Waals surface area contributed by atoms with E-state index in [9.17, 15) is 10.2 Å². The molecule has 0 amide bonds. The number of hydrogen-bond acceptors (Lipinski definition) is 4. The Labute approximate surface area is 86.2 Å². The highest BCUT2D eigenvalue weighted by atomic mass is 16.4. The summed E-state index contributed by atoms with van der Waals surface area (Å²) >= 11 is 0. The molecule has 0 aliphatic carbocycles. The number of allylic oxidation sites excluding steroid dienone is 1. The molecule has 0 fully saturated rings. The number of aliphatic hydroxyl groups is 2. The molecule has 0 saturated carbocycles. The molecule has 0 heterocycles. The summed E-state index contributed by atoms with van der Waals surface area (Å²) in [7, 11) is 0. The fraction of sp³-hybridized carbons (Fsp3) is 0.778. The van der Waals surface area contributed by atoms with E-state index in [4.69, 9.17) is 10.0 Å². The minimum atomic E-state index is -1.05. The molecule has 0 aliphatic rings. The van der Waals surface area contributed by atoms with Crippen LogP contribution in [-0.2, 0) is 0 Å². The van der Waals surface area contributed by atoms with Gasteiger partial charge in [-0.25, -0.2) is 0 Å². The summed E-state index contributed by atoms with van der Waals surface area (Å²) in [5.41, 5.74) is -2.07. The Kier molecular flexibility index (Phi) is 8.05. The molecule has 4 nitrogen and oxygen atoms in total. The summed E-state index contributed by atoms with van der Waals surface area (Å²) < 4.78 is 0. The molecule has 0 saturated heterocycles. The smallest absolute Gasteiger partial charge is 0.429 e. The molecule has 0 aromatic carbocycles. The van der Waals surface area contributed by atoms with Crippen molar-refractivity contribution in [1.82, 2.24) is 0 Å². The first kappa shape index (κ1) is 16.1. The van der Waals surface area contributed by atoms with Crippen LogP contribution in [0.3, 0.4) is 0 Å². The maximum Gasteiger partial charge on any atom is 0.482 e. The zero-order chi connectivity index (χ0) is 11.8. The molecule has 5 heteroatoms. The first-order valence-electron chi connectivity index (χ1n) is 4.38. The van der Waals surface area contributed by atoms with E-state index in [1.165, 1.54) is 0 Å². The van der Waals surface area contributed by atoms with Crippen molar-refractivity contribution in [3.8, 4) is 0 Å². The third kappa shape index (κ3) is 7.09. The van der Waals surface area contributed by atoms with Crippen LogP contribution in [0, 0.1) is 0 Å². The van der Waals surface area contributed by atoms with Gasteiger partial charge in [0.2, 0.25) is 0 Å². The minimum Gasteiger partial charge on any atom is -0.429 e. The lowest BCUT2D eigenvalue weighted by molar-refractivity contribution is -0.123. The van der Waals surface area contributed by atoms with Gasteiger partial charge in [0.15, 0.2) is 0 Å². The van der Waals surface area contributed by atoms with Crippen LogP contribution in [0.2, 0.25) is 0 Å². The van der Waals surface area contributed by atoms with E-state index in [2.05, 4.69) is 6.58 Å². The fourth-order valence-corrected chi connectivity index (χ4v) is 0.689. The molecule has 0 aromatic heterocycles. The highest BCUT2D eigenvalue weighted by Crippen LogP contribution is 2.25. The monoisotopic (exact) mass is 203 g/mol. The van der Waals surface area contributed by atoms with Crippen LogP contribution < -0.4 is 0 Å². The molecule has 0 bridgehead atoms. The average molecular weight is 203 g/mol. The molecule has 1 atom stereocenters. The molecular weight excluding hydrogens is 183 g/mol. The van der Waals surface area contributed by atoms with Gasteiger partial charge in [0.1, 0.15) is 0 Å². The Bertz CT molecular complexity index is 151. The van der Waals surface area contributed by atoms with E-state index in [1.54, 1.807) is 26.8 Å². The minimum absolute atomic E-state index is 0. The van der Waals surface area contributed by atoms with Crippen LogP contribution in [0.25, 0.3) is 0 Å². The molecule has 0 aliphatic heterocycles. The number of rotatable bonds is 4. The van der Waals surface area contributed by atoms with Crippen LogP contribution in [0.1, 0.15) is 33.6 Å². The average Bonchev–Trinajstić information content (AvgIpc) is 2.00. The molecule has 83 valence electrons. The van der Waals surface area contributed by atoms with Gasteiger partial charge in [0.05, 0.1) is 11.2 Å². The Balaban J connectivity index is 0. The summed E-state index contributed by atoms with van der Waals surface area (Å²) in [5.74, 6) is 0. The Morgan fingerprint density at radius 3 is 1.79 bits per heavy atom. The van der Waals surface area contributed by atoms with Crippen molar-refractivity contribution in [1.29, 1.82) is 0 Å². The second kappa shape index (κ2) is 7.01. The molecule has 1 unspecified atom stereocenters. The normalized spacial score (nSPS) is 14.8. The summed E-state index contributed by atoms with van der Waals surface area (Å²) in [4.78, 5) is 0. The third-order valence-corrected chi connectivity index (χ3v) is 2.15. The van der Waals surface area contributed by atoms with Crippen molar-refractivity contribution in [2.24, 2.45) is 0 Å². The lowest BCUT2D eigenvalue weighted by atomic mass is 9.84. The number of hydrogen-bond donors (Lipinski definition) is 4. The van der Waals surface area contributed by atoms with E-state index < -0.39 is 11.2 Å². The van der Waals surface area contributed by atoms with Crippen molar-refractivity contribution in [2.75, 3.05) is 0 Å². The van der Waals surface area contributed by atoms with E-state index in [0.29, 0.717) is 6.42 Å². The van der Waals surface area contributed by atoms with E-state index >= 15 is 0 Å². The maximum atomic E-state index is 9.68. The lowest BCUT2D eigenvalue weighted by Crippen LogP contribution is -2.47. The van der Waals surface area contributed by atoms with Crippen LogP contribution in [0.4, 0.5) is 0 Å². The van der Waals surface area contributed by atoms with Crippen molar-refractivity contribution < 1.29 is 20.3 Å². The van der Waals surface area contributed by atoms with Gasteiger partial charge in [-0.2, -0.15) is 0 Å². The maximum absolute atomic E-state index is 9.68. The highest BCUT2D eigenvalue weighted by molar-refractivity contribution is 6.13. The second-order valence-corrected chi connectivity index (χ2v) is 3.78. The fourth-order valence-electron chi connectivity index (χ4n) is 0.689. The van der Waals surface area contributed by atoms with Crippen molar-refractivity contribution in [3.63, 3.8) is 0 Å². The molecule has 14 heavy (non-hydrogen) atoms. The predicted octanol–water partition coefficient (Wildman–Crippen LogP) is -0.0203. The molecular formula is C9H20BO4. The molecule has 0 spiro atoms. The summed E-state index contributed by atoms with van der Waals surface area (Å²) in [5, 5.41) is 33.2. The van der Waals surface area contributed by atoms with Crippen LogP contribution in [0.15, 0.2) is 12.7 Å². The standard InChI is InChI=1S/C9H18O2.BH2O2/c1-5-6-7-9(4,11)8(2,3)10;2-1-3/h5,10-11H,1,6-7H2,2-4H3;2-3H. The highest BCUT2D eigenvalue weighted by Gasteiger charge is 2.36. The molecule has 0 aromatic rings. The second-order valence-electron chi connectivity index (χ2n) is 3.78. The summed E-state index contributed by atoms with van der Waals surface area (Å²) in [6.45, 7) is 8.40.